The van der Waals surface area contributed by atoms with Crippen molar-refractivity contribution >= 4 is 39.2 Å². The Morgan fingerprint density at radius 3 is 2.78 bits per heavy atom. The lowest BCUT2D eigenvalue weighted by atomic mass is 10.3. The van der Waals surface area contributed by atoms with E-state index in [1.807, 2.05) is 0 Å². The molecule has 0 radical (unpaired) electrons. The van der Waals surface area contributed by atoms with Gasteiger partial charge in [0, 0.05) is 30.7 Å². The van der Waals surface area contributed by atoms with Crippen LogP contribution in [-0.4, -0.2) is 37.1 Å². The third-order valence-electron chi connectivity index (χ3n) is 2.68. The summed E-state index contributed by atoms with van der Waals surface area (Å²) in [4.78, 5) is 13.5. The number of piperazine rings is 1. The highest BCUT2D eigenvalue weighted by Gasteiger charge is 2.18. The molecule has 7 heteroatoms. The second kappa shape index (κ2) is 5.86. The van der Waals surface area contributed by atoms with Crippen molar-refractivity contribution in [3.8, 4) is 0 Å². The Hall–Kier alpha value is -0.850. The number of halogens is 3. The van der Waals surface area contributed by atoms with Crippen LogP contribution in [0.25, 0.3) is 0 Å². The summed E-state index contributed by atoms with van der Waals surface area (Å²) < 4.78 is 14.2. The molecular formula is C11H12BrClFN3O. The summed E-state index contributed by atoms with van der Waals surface area (Å²) in [6, 6.07) is 2.76. The van der Waals surface area contributed by atoms with E-state index < -0.39 is 5.82 Å². The maximum Gasteiger partial charge on any atom is 0.322 e. The molecule has 0 bridgehead atoms. The van der Waals surface area contributed by atoms with E-state index in [2.05, 4.69) is 26.6 Å². The zero-order valence-electron chi connectivity index (χ0n) is 9.47. The number of carbonyl (C=O) groups is 1. The minimum Gasteiger partial charge on any atom is -0.322 e. The van der Waals surface area contributed by atoms with Crippen molar-refractivity contribution in [3.05, 3.63) is 27.4 Å². The Morgan fingerprint density at radius 1 is 1.44 bits per heavy atom. The van der Waals surface area contributed by atoms with Crippen molar-refractivity contribution in [2.75, 3.05) is 31.5 Å². The third-order valence-corrected chi connectivity index (χ3v) is 3.94. The molecule has 1 heterocycles. The summed E-state index contributed by atoms with van der Waals surface area (Å²) in [7, 11) is 0. The number of hydrogen-bond acceptors (Lipinski definition) is 2. The standard InChI is InChI=1S/C11H12BrClFN3O/c12-7-1-2-8(10(14)9(7)13)16-11(18)17-5-3-15-4-6-17/h1-2,15H,3-6H2,(H,16,18). The van der Waals surface area contributed by atoms with Crippen molar-refractivity contribution in [3.63, 3.8) is 0 Å². The smallest absolute Gasteiger partial charge is 0.322 e. The number of nitrogens with zero attached hydrogens (tertiary/aromatic N) is 1. The fraction of sp³-hybridized carbons (Fsp3) is 0.364. The van der Waals surface area contributed by atoms with E-state index in [-0.39, 0.29) is 16.7 Å². The molecular weight excluding hydrogens is 324 g/mol. The molecule has 18 heavy (non-hydrogen) atoms. The first-order valence-corrected chi connectivity index (χ1v) is 6.67. The molecule has 2 N–H and O–H groups in total. The topological polar surface area (TPSA) is 44.4 Å². The molecule has 4 nitrogen and oxygen atoms in total. The Balaban J connectivity index is 2.09. The molecule has 98 valence electrons. The van der Waals surface area contributed by atoms with E-state index >= 15 is 0 Å². The number of carbonyl (C=O) groups excluding carboxylic acids is 1. The maximum absolute atomic E-state index is 13.8. The number of rotatable bonds is 1. The Labute approximate surface area is 118 Å². The van der Waals surface area contributed by atoms with Gasteiger partial charge in [-0.3, -0.25) is 0 Å². The SMILES string of the molecule is O=C(Nc1ccc(Br)c(Cl)c1F)N1CCNCC1. The average molecular weight is 337 g/mol. The summed E-state index contributed by atoms with van der Waals surface area (Å²) in [6.07, 6.45) is 0. The minimum absolute atomic E-state index is 0.0342. The number of hydrogen-bond donors (Lipinski definition) is 2. The number of nitrogens with one attached hydrogen (secondary N) is 2. The maximum atomic E-state index is 13.8. The van der Waals surface area contributed by atoms with Gasteiger partial charge in [0.05, 0.1) is 10.7 Å². The third kappa shape index (κ3) is 2.93. The number of benzene rings is 1. The molecule has 0 saturated carbocycles. The number of anilines is 1. The van der Waals surface area contributed by atoms with Crippen molar-refractivity contribution < 1.29 is 9.18 Å². The van der Waals surface area contributed by atoms with Crippen LogP contribution in [0.15, 0.2) is 16.6 Å². The summed E-state index contributed by atoms with van der Waals surface area (Å²) in [6.45, 7) is 2.71. The molecule has 2 rings (SSSR count). The van der Waals surface area contributed by atoms with E-state index in [1.54, 1.807) is 11.0 Å². The van der Waals surface area contributed by atoms with Gasteiger partial charge in [-0.1, -0.05) is 11.6 Å². The molecule has 1 aliphatic rings. The van der Waals surface area contributed by atoms with Crippen LogP contribution >= 0.6 is 27.5 Å². The fourth-order valence-corrected chi connectivity index (χ4v) is 2.16. The van der Waals surface area contributed by atoms with Gasteiger partial charge in [0.1, 0.15) is 0 Å². The lowest BCUT2D eigenvalue weighted by Crippen LogP contribution is -2.48. The first-order valence-electron chi connectivity index (χ1n) is 5.49. The predicted molar refractivity (Wildman–Crippen MR) is 72.6 cm³/mol. The quantitative estimate of drug-likeness (QED) is 0.775. The second-order valence-corrected chi connectivity index (χ2v) is 5.12. The van der Waals surface area contributed by atoms with Crippen molar-refractivity contribution in [2.24, 2.45) is 0 Å². The highest BCUT2D eigenvalue weighted by molar-refractivity contribution is 9.10. The van der Waals surface area contributed by atoms with Gasteiger partial charge in [-0.2, -0.15) is 0 Å². The van der Waals surface area contributed by atoms with Gasteiger partial charge >= 0.3 is 6.03 Å². The number of amides is 2. The second-order valence-electron chi connectivity index (χ2n) is 3.89. The molecule has 1 aromatic carbocycles. The molecule has 0 aromatic heterocycles. The summed E-state index contributed by atoms with van der Waals surface area (Å²) in [5.74, 6) is -0.630. The molecule has 1 aliphatic heterocycles. The van der Waals surface area contributed by atoms with Crippen LogP contribution in [-0.2, 0) is 0 Å². The lowest BCUT2D eigenvalue weighted by Gasteiger charge is -2.27. The first kappa shape index (κ1) is 13.6. The van der Waals surface area contributed by atoms with E-state index in [0.29, 0.717) is 17.6 Å². The van der Waals surface area contributed by atoms with E-state index in [4.69, 9.17) is 11.6 Å². The molecule has 1 fully saturated rings. The largest absolute Gasteiger partial charge is 0.322 e. The molecule has 2 amide bonds. The highest BCUT2D eigenvalue weighted by atomic mass is 79.9. The normalized spacial score (nSPS) is 15.6. The minimum atomic E-state index is -0.630. The van der Waals surface area contributed by atoms with Crippen LogP contribution in [0.4, 0.5) is 14.9 Å². The lowest BCUT2D eigenvalue weighted by molar-refractivity contribution is 0.203. The Kier molecular flexibility index (Phi) is 4.42. The highest BCUT2D eigenvalue weighted by Crippen LogP contribution is 2.30. The zero-order chi connectivity index (χ0) is 13.1. The molecule has 1 saturated heterocycles. The van der Waals surface area contributed by atoms with Gasteiger partial charge in [-0.25, -0.2) is 9.18 Å². The van der Waals surface area contributed by atoms with Crippen LogP contribution in [0.5, 0.6) is 0 Å². The van der Waals surface area contributed by atoms with Crippen LogP contribution < -0.4 is 10.6 Å². The van der Waals surface area contributed by atoms with Gasteiger partial charge in [0.15, 0.2) is 5.82 Å². The molecule has 1 aromatic rings. The van der Waals surface area contributed by atoms with Gasteiger partial charge < -0.3 is 15.5 Å². The van der Waals surface area contributed by atoms with Gasteiger partial charge in [-0.15, -0.1) is 0 Å². The van der Waals surface area contributed by atoms with Crippen LogP contribution in [0.2, 0.25) is 5.02 Å². The van der Waals surface area contributed by atoms with Crippen molar-refractivity contribution in [1.29, 1.82) is 0 Å². The fourth-order valence-electron chi connectivity index (χ4n) is 1.68. The predicted octanol–water partition coefficient (Wildman–Crippen LogP) is 2.68. The van der Waals surface area contributed by atoms with Crippen LogP contribution in [0.3, 0.4) is 0 Å². The monoisotopic (exact) mass is 335 g/mol. The molecule has 0 unspecified atom stereocenters. The van der Waals surface area contributed by atoms with E-state index in [9.17, 15) is 9.18 Å². The van der Waals surface area contributed by atoms with E-state index in [0.717, 1.165) is 13.1 Å². The van der Waals surface area contributed by atoms with Crippen LogP contribution in [0.1, 0.15) is 0 Å². The Bertz CT molecular complexity index is 466. The van der Waals surface area contributed by atoms with E-state index in [1.165, 1.54) is 6.07 Å². The van der Waals surface area contributed by atoms with Gasteiger partial charge in [0.2, 0.25) is 0 Å². The molecule has 0 spiro atoms. The van der Waals surface area contributed by atoms with Gasteiger partial charge in [-0.05, 0) is 28.1 Å². The molecule has 0 aliphatic carbocycles. The zero-order valence-corrected chi connectivity index (χ0v) is 11.8. The average Bonchev–Trinajstić information content (AvgIpc) is 2.40. The van der Waals surface area contributed by atoms with Crippen molar-refractivity contribution in [1.82, 2.24) is 10.2 Å². The van der Waals surface area contributed by atoms with Gasteiger partial charge in [0.25, 0.3) is 0 Å². The Morgan fingerprint density at radius 2 is 2.11 bits per heavy atom. The number of urea groups is 1. The van der Waals surface area contributed by atoms with Crippen LogP contribution in [0, 0.1) is 5.82 Å². The summed E-state index contributed by atoms with van der Waals surface area (Å²) in [5, 5.41) is 5.63. The first-order chi connectivity index (χ1) is 8.59. The van der Waals surface area contributed by atoms with Crippen molar-refractivity contribution in [2.45, 2.75) is 0 Å². The summed E-state index contributed by atoms with van der Waals surface area (Å²) in [5.41, 5.74) is 0.0896. The summed E-state index contributed by atoms with van der Waals surface area (Å²) >= 11 is 8.87. The molecule has 0 atom stereocenters.